The Morgan fingerprint density at radius 3 is 2.59 bits per heavy atom. The highest BCUT2D eigenvalue weighted by molar-refractivity contribution is 6.30. The van der Waals surface area contributed by atoms with E-state index in [1.807, 2.05) is 6.92 Å². The first-order chi connectivity index (χ1) is 7.86. The van der Waals surface area contributed by atoms with E-state index in [2.05, 4.69) is 9.97 Å². The Morgan fingerprint density at radius 2 is 2.06 bits per heavy atom. The van der Waals surface area contributed by atoms with Crippen molar-refractivity contribution in [2.75, 3.05) is 0 Å². The highest BCUT2D eigenvalue weighted by atomic mass is 35.5. The van der Waals surface area contributed by atoms with Gasteiger partial charge in [-0.25, -0.2) is 9.97 Å². The van der Waals surface area contributed by atoms with Gasteiger partial charge in [0.2, 0.25) is 5.88 Å². The number of halogens is 4. The zero-order chi connectivity index (χ0) is 13.1. The van der Waals surface area contributed by atoms with Crippen LogP contribution in [-0.2, 0) is 6.42 Å². The van der Waals surface area contributed by atoms with Gasteiger partial charge in [0.15, 0.2) is 6.10 Å². The Morgan fingerprint density at radius 1 is 1.41 bits per heavy atom. The fourth-order valence-electron chi connectivity index (χ4n) is 1.17. The summed E-state index contributed by atoms with van der Waals surface area (Å²) < 4.78 is 41.8. The fourth-order valence-corrected chi connectivity index (χ4v) is 1.39. The van der Waals surface area contributed by atoms with Gasteiger partial charge in [-0.15, -0.1) is 0 Å². The van der Waals surface area contributed by atoms with E-state index in [0.29, 0.717) is 18.4 Å². The third-order valence-electron chi connectivity index (χ3n) is 2.10. The number of ether oxygens (including phenoxy) is 1. The first kappa shape index (κ1) is 14.0. The highest BCUT2D eigenvalue weighted by Crippen LogP contribution is 2.28. The molecule has 0 aromatic carbocycles. The lowest BCUT2D eigenvalue weighted by atomic mass is 10.2. The average Bonchev–Trinajstić information content (AvgIpc) is 2.21. The van der Waals surface area contributed by atoms with Crippen LogP contribution >= 0.6 is 11.6 Å². The number of rotatable bonds is 4. The van der Waals surface area contributed by atoms with Crippen LogP contribution < -0.4 is 4.74 Å². The molecule has 0 fully saturated rings. The van der Waals surface area contributed by atoms with E-state index >= 15 is 0 Å². The second-order valence-corrected chi connectivity index (χ2v) is 3.86. The van der Waals surface area contributed by atoms with E-state index in [1.165, 1.54) is 0 Å². The normalized spacial score (nSPS) is 13.5. The maximum absolute atomic E-state index is 12.4. The highest BCUT2D eigenvalue weighted by Gasteiger charge is 2.38. The molecule has 1 aromatic rings. The summed E-state index contributed by atoms with van der Waals surface area (Å²) in [6.45, 7) is 2.80. The van der Waals surface area contributed by atoms with E-state index in [9.17, 15) is 13.2 Å². The molecule has 1 heterocycles. The van der Waals surface area contributed by atoms with Gasteiger partial charge in [0.25, 0.3) is 0 Å². The predicted molar refractivity (Wildman–Crippen MR) is 57.2 cm³/mol. The lowest BCUT2D eigenvalue weighted by Crippen LogP contribution is -2.31. The van der Waals surface area contributed by atoms with E-state index in [0.717, 1.165) is 13.3 Å². The van der Waals surface area contributed by atoms with Crippen molar-refractivity contribution in [3.63, 3.8) is 0 Å². The van der Waals surface area contributed by atoms with Crippen LogP contribution in [0.3, 0.4) is 0 Å². The van der Waals surface area contributed by atoms with Crippen molar-refractivity contribution in [1.29, 1.82) is 0 Å². The van der Waals surface area contributed by atoms with Crippen LogP contribution in [-0.4, -0.2) is 22.2 Å². The Hall–Kier alpha value is -1.04. The van der Waals surface area contributed by atoms with Crippen molar-refractivity contribution >= 4 is 11.6 Å². The molecule has 1 rings (SSSR count). The molecule has 17 heavy (non-hydrogen) atoms. The van der Waals surface area contributed by atoms with Crippen LogP contribution in [0.5, 0.6) is 5.88 Å². The first-order valence-electron chi connectivity index (χ1n) is 5.09. The van der Waals surface area contributed by atoms with Gasteiger partial charge >= 0.3 is 6.18 Å². The SMILES string of the molecule is CCCc1c(Cl)ncnc1OC(C)C(F)(F)F. The molecule has 0 N–H and O–H groups in total. The summed E-state index contributed by atoms with van der Waals surface area (Å²) in [7, 11) is 0. The van der Waals surface area contributed by atoms with Gasteiger partial charge in [0, 0.05) is 0 Å². The third-order valence-corrected chi connectivity index (χ3v) is 2.43. The Labute approximate surface area is 102 Å². The zero-order valence-corrected chi connectivity index (χ0v) is 10.1. The van der Waals surface area contributed by atoms with Crippen molar-refractivity contribution < 1.29 is 17.9 Å². The molecule has 1 unspecified atom stereocenters. The van der Waals surface area contributed by atoms with Crippen molar-refractivity contribution in [3.05, 3.63) is 17.0 Å². The molecule has 1 aromatic heterocycles. The maximum Gasteiger partial charge on any atom is 0.425 e. The molecule has 0 bridgehead atoms. The summed E-state index contributed by atoms with van der Waals surface area (Å²) in [4.78, 5) is 7.41. The number of nitrogens with zero attached hydrogens (tertiary/aromatic N) is 2. The lowest BCUT2D eigenvalue weighted by Gasteiger charge is -2.18. The average molecular weight is 269 g/mol. The van der Waals surface area contributed by atoms with Crippen LogP contribution in [0.2, 0.25) is 5.15 Å². The van der Waals surface area contributed by atoms with Crippen LogP contribution in [0.15, 0.2) is 6.33 Å². The minimum Gasteiger partial charge on any atom is -0.465 e. The minimum absolute atomic E-state index is 0.100. The van der Waals surface area contributed by atoms with Gasteiger partial charge < -0.3 is 4.74 Å². The van der Waals surface area contributed by atoms with Gasteiger partial charge in [0.1, 0.15) is 11.5 Å². The van der Waals surface area contributed by atoms with Gasteiger partial charge in [-0.3, -0.25) is 0 Å². The minimum atomic E-state index is -4.43. The van der Waals surface area contributed by atoms with E-state index in [-0.39, 0.29) is 11.0 Å². The molecule has 0 aliphatic heterocycles. The molecule has 7 heteroatoms. The lowest BCUT2D eigenvalue weighted by molar-refractivity contribution is -0.190. The third kappa shape index (κ3) is 3.73. The molecule has 96 valence electrons. The van der Waals surface area contributed by atoms with Crippen molar-refractivity contribution in [3.8, 4) is 5.88 Å². The molecule has 0 saturated carbocycles. The Bertz CT molecular complexity index is 384. The summed E-state index contributed by atoms with van der Waals surface area (Å²) in [5.41, 5.74) is 0.410. The summed E-state index contributed by atoms with van der Waals surface area (Å²) in [5.74, 6) is -0.100. The van der Waals surface area contributed by atoms with Crippen molar-refractivity contribution in [1.82, 2.24) is 9.97 Å². The summed E-state index contributed by atoms with van der Waals surface area (Å²) in [6.07, 6.45) is -4.09. The molecule has 0 aliphatic rings. The largest absolute Gasteiger partial charge is 0.465 e. The number of alkyl halides is 3. The fraction of sp³-hybridized carbons (Fsp3) is 0.600. The smallest absolute Gasteiger partial charge is 0.425 e. The number of aromatic nitrogens is 2. The maximum atomic E-state index is 12.4. The van der Waals surface area contributed by atoms with Gasteiger partial charge in [-0.2, -0.15) is 13.2 Å². The molecular formula is C10H12ClF3N2O. The van der Waals surface area contributed by atoms with Gasteiger partial charge in [0.05, 0.1) is 5.56 Å². The quantitative estimate of drug-likeness (QED) is 0.785. The molecule has 0 aliphatic carbocycles. The Balaban J connectivity index is 2.94. The summed E-state index contributed by atoms with van der Waals surface area (Å²) in [6, 6.07) is 0. The van der Waals surface area contributed by atoms with Crippen molar-refractivity contribution in [2.24, 2.45) is 0 Å². The van der Waals surface area contributed by atoms with E-state index in [4.69, 9.17) is 16.3 Å². The molecule has 0 amide bonds. The molecule has 1 atom stereocenters. The second kappa shape index (κ2) is 5.53. The summed E-state index contributed by atoms with van der Waals surface area (Å²) in [5, 5.41) is 0.131. The second-order valence-electron chi connectivity index (χ2n) is 3.50. The number of hydrogen-bond donors (Lipinski definition) is 0. The van der Waals surface area contributed by atoms with E-state index in [1.54, 1.807) is 0 Å². The van der Waals surface area contributed by atoms with Crippen LogP contribution in [0.1, 0.15) is 25.8 Å². The standard InChI is InChI=1S/C10H12ClF3N2O/c1-3-4-7-8(11)15-5-16-9(7)17-6(2)10(12,13)14/h5-6H,3-4H2,1-2H3. The molecular weight excluding hydrogens is 257 g/mol. The molecule has 3 nitrogen and oxygen atoms in total. The molecule has 0 spiro atoms. The number of hydrogen-bond acceptors (Lipinski definition) is 3. The van der Waals surface area contributed by atoms with Crippen LogP contribution in [0, 0.1) is 0 Å². The van der Waals surface area contributed by atoms with Crippen LogP contribution in [0.4, 0.5) is 13.2 Å². The molecule has 0 radical (unpaired) electrons. The van der Waals surface area contributed by atoms with Crippen LogP contribution in [0.25, 0.3) is 0 Å². The van der Waals surface area contributed by atoms with Crippen molar-refractivity contribution in [2.45, 2.75) is 39.0 Å². The molecule has 0 saturated heterocycles. The van der Waals surface area contributed by atoms with Gasteiger partial charge in [-0.05, 0) is 13.3 Å². The first-order valence-corrected chi connectivity index (χ1v) is 5.46. The monoisotopic (exact) mass is 268 g/mol. The van der Waals surface area contributed by atoms with Gasteiger partial charge in [-0.1, -0.05) is 24.9 Å². The Kier molecular flexibility index (Phi) is 4.56. The predicted octanol–water partition coefficient (Wildman–Crippen LogP) is 3.41. The van der Waals surface area contributed by atoms with E-state index < -0.39 is 12.3 Å². The zero-order valence-electron chi connectivity index (χ0n) is 9.38. The summed E-state index contributed by atoms with van der Waals surface area (Å²) >= 11 is 5.79. The topological polar surface area (TPSA) is 35.0 Å².